The average molecular weight is 337 g/mol. The Morgan fingerprint density at radius 3 is 2.64 bits per heavy atom. The molecule has 3 aromatic rings. The zero-order valence-corrected chi connectivity index (χ0v) is 14.4. The number of anilines is 1. The Kier molecular flexibility index (Phi) is 4.85. The lowest BCUT2D eigenvalue weighted by molar-refractivity contribution is -0.116. The third-order valence-corrected chi connectivity index (χ3v) is 3.34. The van der Waals surface area contributed by atoms with Crippen LogP contribution in [0.25, 0.3) is 23.0 Å². The Labute approximate surface area is 145 Å². The van der Waals surface area contributed by atoms with Crippen LogP contribution in [0.5, 0.6) is 0 Å². The van der Waals surface area contributed by atoms with E-state index in [0.29, 0.717) is 28.8 Å². The van der Waals surface area contributed by atoms with Gasteiger partial charge in [0, 0.05) is 12.3 Å². The van der Waals surface area contributed by atoms with E-state index in [1.54, 1.807) is 23.2 Å². The number of pyridine rings is 1. The maximum Gasteiger partial charge on any atom is 0.239 e. The minimum atomic E-state index is -0.155. The number of carbonyl (C=O) groups is 1. The summed E-state index contributed by atoms with van der Waals surface area (Å²) in [4.78, 5) is 27.1. The highest BCUT2D eigenvalue weighted by Crippen LogP contribution is 2.24. The number of likely N-dealkylation sites (N-methyl/N-ethyl adjacent to an activating group) is 1. The van der Waals surface area contributed by atoms with Crippen molar-refractivity contribution in [1.82, 2.24) is 19.9 Å². The van der Waals surface area contributed by atoms with Gasteiger partial charge in [0.2, 0.25) is 5.91 Å². The SMILES string of the molecule is Cc1ccc(-c2nc(NC(=O)CN(C)C)cc(-c3ccccn3)n2)o1. The van der Waals surface area contributed by atoms with E-state index in [-0.39, 0.29) is 12.5 Å². The standard InChI is InChI=1S/C18H19N5O2/c1-12-7-8-15(25-12)18-20-14(13-6-4-5-9-19-13)10-16(22-18)21-17(24)11-23(2)3/h4-10H,11H2,1-3H3,(H,20,21,22,24). The minimum absolute atomic E-state index is 0.155. The molecule has 0 aliphatic heterocycles. The number of rotatable bonds is 5. The second-order valence-corrected chi connectivity index (χ2v) is 5.87. The van der Waals surface area contributed by atoms with Crippen molar-refractivity contribution in [3.63, 3.8) is 0 Å². The number of furan rings is 1. The summed E-state index contributed by atoms with van der Waals surface area (Å²) >= 11 is 0. The van der Waals surface area contributed by atoms with E-state index in [1.807, 2.05) is 45.3 Å². The first kappa shape index (κ1) is 16.8. The maximum absolute atomic E-state index is 12.1. The lowest BCUT2D eigenvalue weighted by Gasteiger charge is -2.11. The third kappa shape index (κ3) is 4.27. The van der Waals surface area contributed by atoms with Gasteiger partial charge in [0.15, 0.2) is 11.6 Å². The highest BCUT2D eigenvalue weighted by molar-refractivity contribution is 5.92. The summed E-state index contributed by atoms with van der Waals surface area (Å²) in [5.74, 6) is 1.96. The second kappa shape index (κ2) is 7.23. The number of aromatic nitrogens is 3. The van der Waals surface area contributed by atoms with Crippen LogP contribution in [0.2, 0.25) is 0 Å². The van der Waals surface area contributed by atoms with E-state index >= 15 is 0 Å². The quantitative estimate of drug-likeness (QED) is 0.770. The normalized spacial score (nSPS) is 10.9. The number of aryl methyl sites for hydroxylation is 1. The molecule has 0 saturated carbocycles. The van der Waals surface area contributed by atoms with Crippen molar-refractivity contribution >= 4 is 11.7 Å². The Hall–Kier alpha value is -3.06. The maximum atomic E-state index is 12.1. The molecular formula is C18H19N5O2. The summed E-state index contributed by atoms with van der Waals surface area (Å²) in [7, 11) is 3.66. The number of nitrogens with zero attached hydrogens (tertiary/aromatic N) is 4. The zero-order chi connectivity index (χ0) is 17.8. The van der Waals surface area contributed by atoms with Gasteiger partial charge in [0.25, 0.3) is 0 Å². The fourth-order valence-electron chi connectivity index (χ4n) is 2.29. The van der Waals surface area contributed by atoms with Gasteiger partial charge in [-0.2, -0.15) is 0 Å². The molecule has 0 bridgehead atoms. The highest BCUT2D eigenvalue weighted by Gasteiger charge is 2.14. The molecule has 7 heteroatoms. The molecule has 0 unspecified atom stereocenters. The predicted octanol–water partition coefficient (Wildman–Crippen LogP) is 2.61. The number of amides is 1. The van der Waals surface area contributed by atoms with Crippen LogP contribution in [0, 0.1) is 6.92 Å². The van der Waals surface area contributed by atoms with E-state index in [4.69, 9.17) is 4.42 Å². The number of carbonyl (C=O) groups excluding carboxylic acids is 1. The molecule has 0 aliphatic carbocycles. The fraction of sp³-hybridized carbons (Fsp3) is 0.222. The lowest BCUT2D eigenvalue weighted by Crippen LogP contribution is -2.27. The van der Waals surface area contributed by atoms with Crippen LogP contribution in [0.3, 0.4) is 0 Å². The Bertz CT molecular complexity index is 874. The van der Waals surface area contributed by atoms with Gasteiger partial charge < -0.3 is 14.6 Å². The molecule has 0 saturated heterocycles. The summed E-state index contributed by atoms with van der Waals surface area (Å²) in [6.07, 6.45) is 1.69. The highest BCUT2D eigenvalue weighted by atomic mass is 16.3. The smallest absolute Gasteiger partial charge is 0.239 e. The van der Waals surface area contributed by atoms with Gasteiger partial charge in [-0.15, -0.1) is 0 Å². The summed E-state index contributed by atoms with van der Waals surface area (Å²) in [5.41, 5.74) is 1.30. The van der Waals surface area contributed by atoms with Gasteiger partial charge in [-0.1, -0.05) is 6.07 Å². The van der Waals surface area contributed by atoms with Gasteiger partial charge in [0.05, 0.1) is 17.9 Å². The first-order valence-corrected chi connectivity index (χ1v) is 7.83. The molecule has 0 aromatic carbocycles. The fourth-order valence-corrected chi connectivity index (χ4v) is 2.29. The van der Waals surface area contributed by atoms with Crippen LogP contribution in [-0.4, -0.2) is 46.4 Å². The Balaban J connectivity index is 2.00. The summed E-state index contributed by atoms with van der Waals surface area (Å²) < 4.78 is 5.62. The molecule has 1 N–H and O–H groups in total. The monoisotopic (exact) mass is 337 g/mol. The zero-order valence-electron chi connectivity index (χ0n) is 14.4. The van der Waals surface area contributed by atoms with Crippen LogP contribution in [-0.2, 0) is 4.79 Å². The van der Waals surface area contributed by atoms with Crippen LogP contribution >= 0.6 is 0 Å². The lowest BCUT2D eigenvalue weighted by atomic mass is 10.2. The summed E-state index contributed by atoms with van der Waals surface area (Å²) in [6.45, 7) is 2.12. The predicted molar refractivity (Wildman–Crippen MR) is 94.9 cm³/mol. The molecule has 0 aliphatic rings. The topological polar surface area (TPSA) is 84.2 Å². The van der Waals surface area contributed by atoms with Gasteiger partial charge in [-0.25, -0.2) is 9.97 Å². The van der Waals surface area contributed by atoms with Crippen molar-refractivity contribution in [3.05, 3.63) is 48.4 Å². The Morgan fingerprint density at radius 1 is 1.16 bits per heavy atom. The molecule has 25 heavy (non-hydrogen) atoms. The molecular weight excluding hydrogens is 318 g/mol. The van der Waals surface area contributed by atoms with Gasteiger partial charge in [-0.3, -0.25) is 9.78 Å². The first-order chi connectivity index (χ1) is 12.0. The van der Waals surface area contributed by atoms with E-state index < -0.39 is 0 Å². The molecule has 7 nitrogen and oxygen atoms in total. The van der Waals surface area contributed by atoms with Crippen molar-refractivity contribution < 1.29 is 9.21 Å². The van der Waals surface area contributed by atoms with Crippen molar-refractivity contribution in [2.45, 2.75) is 6.92 Å². The van der Waals surface area contributed by atoms with Crippen molar-refractivity contribution in [3.8, 4) is 23.0 Å². The van der Waals surface area contributed by atoms with Crippen molar-refractivity contribution in [1.29, 1.82) is 0 Å². The first-order valence-electron chi connectivity index (χ1n) is 7.83. The van der Waals surface area contributed by atoms with Crippen molar-refractivity contribution in [2.75, 3.05) is 26.0 Å². The van der Waals surface area contributed by atoms with Crippen LogP contribution in [0.1, 0.15) is 5.76 Å². The number of hydrogen-bond acceptors (Lipinski definition) is 6. The number of hydrogen-bond donors (Lipinski definition) is 1. The molecule has 1 amide bonds. The van der Waals surface area contributed by atoms with E-state index in [9.17, 15) is 4.79 Å². The molecule has 0 fully saturated rings. The molecule has 0 radical (unpaired) electrons. The van der Waals surface area contributed by atoms with Gasteiger partial charge >= 0.3 is 0 Å². The van der Waals surface area contributed by atoms with Gasteiger partial charge in [0.1, 0.15) is 11.6 Å². The second-order valence-electron chi connectivity index (χ2n) is 5.87. The minimum Gasteiger partial charge on any atom is -0.458 e. The van der Waals surface area contributed by atoms with Crippen LogP contribution in [0.4, 0.5) is 5.82 Å². The molecule has 0 atom stereocenters. The number of nitrogens with one attached hydrogen (secondary N) is 1. The summed E-state index contributed by atoms with van der Waals surface area (Å²) in [6, 6.07) is 10.9. The van der Waals surface area contributed by atoms with E-state index in [1.165, 1.54) is 0 Å². The third-order valence-electron chi connectivity index (χ3n) is 3.34. The van der Waals surface area contributed by atoms with Gasteiger partial charge in [-0.05, 0) is 45.3 Å². The molecule has 3 rings (SSSR count). The average Bonchev–Trinajstić information content (AvgIpc) is 3.01. The molecule has 0 spiro atoms. The molecule has 3 aromatic heterocycles. The Morgan fingerprint density at radius 2 is 2.00 bits per heavy atom. The largest absolute Gasteiger partial charge is 0.458 e. The van der Waals surface area contributed by atoms with E-state index in [2.05, 4.69) is 20.3 Å². The summed E-state index contributed by atoms with van der Waals surface area (Å²) in [5, 5.41) is 2.80. The van der Waals surface area contributed by atoms with E-state index in [0.717, 1.165) is 5.76 Å². The molecule has 3 heterocycles. The van der Waals surface area contributed by atoms with Crippen LogP contribution in [0.15, 0.2) is 47.0 Å². The van der Waals surface area contributed by atoms with Crippen LogP contribution < -0.4 is 5.32 Å². The van der Waals surface area contributed by atoms with Crippen molar-refractivity contribution in [2.24, 2.45) is 0 Å². The molecule has 128 valence electrons.